The predicted molar refractivity (Wildman–Crippen MR) is 87.9 cm³/mol. The van der Waals surface area contributed by atoms with Crippen LogP contribution < -0.4 is 4.74 Å². The second-order valence-corrected chi connectivity index (χ2v) is 6.03. The van der Waals surface area contributed by atoms with E-state index < -0.39 is 0 Å². The lowest BCUT2D eigenvalue weighted by Gasteiger charge is -2.39. The number of aliphatic hydroxyl groups excluding tert-OH is 1. The van der Waals surface area contributed by atoms with Crippen molar-refractivity contribution in [3.05, 3.63) is 53.3 Å². The summed E-state index contributed by atoms with van der Waals surface area (Å²) in [6.45, 7) is 3.90. The van der Waals surface area contributed by atoms with Gasteiger partial charge in [-0.2, -0.15) is 0 Å². The molecule has 0 unspecified atom stereocenters. The maximum Gasteiger partial charge on any atom is 0.119 e. The highest BCUT2D eigenvalue weighted by Crippen LogP contribution is 2.45. The van der Waals surface area contributed by atoms with E-state index in [0.717, 1.165) is 5.75 Å². The van der Waals surface area contributed by atoms with Gasteiger partial charge in [0, 0.05) is 5.41 Å². The van der Waals surface area contributed by atoms with Gasteiger partial charge in [-0.1, -0.05) is 43.0 Å². The van der Waals surface area contributed by atoms with Crippen LogP contribution in [0.1, 0.15) is 51.5 Å². The van der Waals surface area contributed by atoms with Gasteiger partial charge in [0.1, 0.15) is 5.75 Å². The minimum Gasteiger partial charge on any atom is -0.513 e. The van der Waals surface area contributed by atoms with Gasteiger partial charge in [0.15, 0.2) is 0 Å². The van der Waals surface area contributed by atoms with E-state index in [-0.39, 0.29) is 5.41 Å². The first-order chi connectivity index (χ1) is 10.1. The van der Waals surface area contributed by atoms with Crippen molar-refractivity contribution in [1.82, 2.24) is 0 Å². The molecule has 0 atom stereocenters. The SMILES string of the molecule is COc1cccc(C2(/C(C)=C/C=C(\C)O)CCCCC2)c1. The Morgan fingerprint density at radius 1 is 1.14 bits per heavy atom. The predicted octanol–water partition coefficient (Wildman–Crippen LogP) is 5.31. The number of ether oxygens (including phenoxy) is 1. The third-order valence-corrected chi connectivity index (χ3v) is 4.66. The highest BCUT2D eigenvalue weighted by atomic mass is 16.5. The molecule has 2 rings (SSSR count). The van der Waals surface area contributed by atoms with Crippen LogP contribution in [0, 0.1) is 0 Å². The molecule has 0 radical (unpaired) electrons. The molecule has 1 fully saturated rings. The van der Waals surface area contributed by atoms with Crippen molar-refractivity contribution in [3.8, 4) is 5.75 Å². The highest BCUT2D eigenvalue weighted by molar-refractivity contribution is 5.41. The molecular weight excluding hydrogens is 260 g/mol. The van der Waals surface area contributed by atoms with Crippen molar-refractivity contribution in [2.45, 2.75) is 51.4 Å². The fourth-order valence-electron chi connectivity index (χ4n) is 3.39. The van der Waals surface area contributed by atoms with Gasteiger partial charge < -0.3 is 9.84 Å². The van der Waals surface area contributed by atoms with Gasteiger partial charge in [-0.25, -0.2) is 0 Å². The number of hydrogen-bond acceptors (Lipinski definition) is 2. The second kappa shape index (κ2) is 6.84. The van der Waals surface area contributed by atoms with Gasteiger partial charge in [0.2, 0.25) is 0 Å². The molecule has 21 heavy (non-hydrogen) atoms. The summed E-state index contributed by atoms with van der Waals surface area (Å²) in [5.41, 5.74) is 2.74. The van der Waals surface area contributed by atoms with Crippen LogP contribution in [0.3, 0.4) is 0 Å². The van der Waals surface area contributed by atoms with E-state index in [4.69, 9.17) is 4.74 Å². The standard InChI is InChI=1S/C19H26O2/c1-15(10-11-16(2)20)19(12-5-4-6-13-19)17-8-7-9-18(14-17)21-3/h7-11,14,20H,4-6,12-13H2,1-3H3/b15-10+,16-11+. The normalized spacial score (nSPS) is 19.4. The van der Waals surface area contributed by atoms with Crippen molar-refractivity contribution in [3.63, 3.8) is 0 Å². The molecule has 0 amide bonds. The molecule has 2 heteroatoms. The van der Waals surface area contributed by atoms with E-state index in [1.165, 1.54) is 43.2 Å². The first-order valence-corrected chi connectivity index (χ1v) is 7.78. The van der Waals surface area contributed by atoms with Crippen molar-refractivity contribution in [1.29, 1.82) is 0 Å². The number of benzene rings is 1. The lowest BCUT2D eigenvalue weighted by molar-refractivity contribution is 0.337. The van der Waals surface area contributed by atoms with Crippen LogP contribution >= 0.6 is 0 Å². The Bertz CT molecular complexity index is 530. The van der Waals surface area contributed by atoms with Gasteiger partial charge in [-0.05, 0) is 50.5 Å². The first kappa shape index (κ1) is 15.7. The Labute approximate surface area is 128 Å². The van der Waals surface area contributed by atoms with Crippen molar-refractivity contribution in [2.24, 2.45) is 0 Å². The average molecular weight is 286 g/mol. The topological polar surface area (TPSA) is 29.5 Å². The number of aliphatic hydroxyl groups is 1. The number of rotatable bonds is 4. The average Bonchev–Trinajstić information content (AvgIpc) is 2.53. The lowest BCUT2D eigenvalue weighted by atomic mass is 9.65. The molecule has 114 valence electrons. The van der Waals surface area contributed by atoms with Gasteiger partial charge in [0.05, 0.1) is 12.9 Å². The third kappa shape index (κ3) is 3.49. The Morgan fingerprint density at radius 2 is 1.86 bits per heavy atom. The van der Waals surface area contributed by atoms with Gasteiger partial charge >= 0.3 is 0 Å². The maximum absolute atomic E-state index is 9.43. The zero-order valence-corrected chi connectivity index (χ0v) is 13.4. The van der Waals surface area contributed by atoms with E-state index >= 15 is 0 Å². The smallest absolute Gasteiger partial charge is 0.119 e. The van der Waals surface area contributed by atoms with Crippen LogP contribution in [0.4, 0.5) is 0 Å². The summed E-state index contributed by atoms with van der Waals surface area (Å²) in [4.78, 5) is 0. The van der Waals surface area contributed by atoms with Gasteiger partial charge in [-0.15, -0.1) is 0 Å². The minimum atomic E-state index is 0.0821. The zero-order valence-electron chi connectivity index (χ0n) is 13.4. The van der Waals surface area contributed by atoms with Crippen molar-refractivity contribution < 1.29 is 9.84 Å². The van der Waals surface area contributed by atoms with E-state index in [9.17, 15) is 5.11 Å². The summed E-state index contributed by atoms with van der Waals surface area (Å²) in [7, 11) is 1.72. The van der Waals surface area contributed by atoms with E-state index in [1.54, 1.807) is 20.1 Å². The lowest BCUT2D eigenvalue weighted by Crippen LogP contribution is -2.30. The summed E-state index contributed by atoms with van der Waals surface area (Å²) in [6.07, 6.45) is 10.0. The molecule has 1 aromatic rings. The summed E-state index contributed by atoms with van der Waals surface area (Å²) in [5, 5.41) is 9.43. The van der Waals surface area contributed by atoms with Crippen LogP contribution in [-0.2, 0) is 5.41 Å². The molecule has 1 aliphatic rings. The zero-order chi connectivity index (χ0) is 15.3. The van der Waals surface area contributed by atoms with Gasteiger partial charge in [0.25, 0.3) is 0 Å². The second-order valence-electron chi connectivity index (χ2n) is 6.03. The quantitative estimate of drug-likeness (QED) is 0.600. The Morgan fingerprint density at radius 3 is 2.48 bits per heavy atom. The molecule has 2 nitrogen and oxygen atoms in total. The van der Waals surface area contributed by atoms with Crippen molar-refractivity contribution >= 4 is 0 Å². The summed E-state index contributed by atoms with van der Waals surface area (Å²) in [6, 6.07) is 8.45. The summed E-state index contributed by atoms with van der Waals surface area (Å²) < 4.78 is 5.40. The number of methoxy groups -OCH3 is 1. The fourth-order valence-corrected chi connectivity index (χ4v) is 3.39. The Kier molecular flexibility index (Phi) is 5.11. The monoisotopic (exact) mass is 286 g/mol. The van der Waals surface area contributed by atoms with E-state index in [0.29, 0.717) is 5.76 Å². The molecule has 1 N–H and O–H groups in total. The van der Waals surface area contributed by atoms with Gasteiger partial charge in [-0.3, -0.25) is 0 Å². The number of hydrogen-bond donors (Lipinski definition) is 1. The first-order valence-electron chi connectivity index (χ1n) is 7.78. The molecule has 0 aromatic heterocycles. The van der Waals surface area contributed by atoms with Crippen molar-refractivity contribution in [2.75, 3.05) is 7.11 Å². The van der Waals surface area contributed by atoms with Crippen LogP contribution in [0.5, 0.6) is 5.75 Å². The maximum atomic E-state index is 9.43. The molecule has 1 saturated carbocycles. The van der Waals surface area contributed by atoms with Crippen LogP contribution in [-0.4, -0.2) is 12.2 Å². The fraction of sp³-hybridized carbons (Fsp3) is 0.474. The molecule has 0 bridgehead atoms. The van der Waals surface area contributed by atoms with Crippen LogP contribution in [0.25, 0.3) is 0 Å². The molecule has 0 spiro atoms. The summed E-state index contributed by atoms with van der Waals surface area (Å²) in [5.74, 6) is 1.27. The number of allylic oxidation sites excluding steroid dienone is 4. The minimum absolute atomic E-state index is 0.0821. The molecule has 0 aliphatic heterocycles. The largest absolute Gasteiger partial charge is 0.513 e. The molecule has 1 aromatic carbocycles. The molecule has 0 heterocycles. The van der Waals surface area contributed by atoms with Crippen LogP contribution in [0.15, 0.2) is 47.7 Å². The Balaban J connectivity index is 2.45. The third-order valence-electron chi connectivity index (χ3n) is 4.66. The van der Waals surface area contributed by atoms with E-state index in [1.807, 2.05) is 6.07 Å². The summed E-state index contributed by atoms with van der Waals surface area (Å²) >= 11 is 0. The molecule has 0 saturated heterocycles. The van der Waals surface area contributed by atoms with E-state index in [2.05, 4.69) is 31.2 Å². The highest BCUT2D eigenvalue weighted by Gasteiger charge is 2.35. The molecular formula is C19H26O2. The van der Waals surface area contributed by atoms with Crippen LogP contribution in [0.2, 0.25) is 0 Å². The Hall–Kier alpha value is -1.70. The molecule has 1 aliphatic carbocycles.